The molecule has 2 aromatic rings. The summed E-state index contributed by atoms with van der Waals surface area (Å²) in [5, 5.41) is 7.07. The monoisotopic (exact) mass is 534 g/mol. The molecule has 2 amide bonds. The van der Waals surface area contributed by atoms with Crippen LogP contribution in [0.15, 0.2) is 52.7 Å². The summed E-state index contributed by atoms with van der Waals surface area (Å²) in [5.74, 6) is 9.67. The Morgan fingerprint density at radius 2 is 1.38 bits per heavy atom. The molecule has 206 valence electrons. The van der Waals surface area contributed by atoms with Gasteiger partial charge in [-0.25, -0.2) is 4.79 Å². The van der Waals surface area contributed by atoms with Crippen LogP contribution in [0.2, 0.25) is 0 Å². The highest BCUT2D eigenvalue weighted by Crippen LogP contribution is 2.18. The van der Waals surface area contributed by atoms with Crippen molar-refractivity contribution < 1.29 is 19.1 Å². The zero-order chi connectivity index (χ0) is 27.8. The van der Waals surface area contributed by atoms with E-state index in [1.807, 2.05) is 11.0 Å². The molecule has 2 saturated heterocycles. The van der Waals surface area contributed by atoms with E-state index in [1.165, 1.54) is 13.3 Å². The summed E-state index contributed by atoms with van der Waals surface area (Å²) in [6.45, 7) is 5.39. The predicted molar refractivity (Wildman–Crippen MR) is 147 cm³/mol. The van der Waals surface area contributed by atoms with Crippen LogP contribution in [0.3, 0.4) is 0 Å². The first-order chi connectivity index (χ1) is 18.9. The highest BCUT2D eigenvalue weighted by atomic mass is 16.5. The van der Waals surface area contributed by atoms with Gasteiger partial charge in [-0.3, -0.25) is 14.5 Å². The Morgan fingerprint density at radius 1 is 0.795 bits per heavy atom. The van der Waals surface area contributed by atoms with E-state index in [4.69, 9.17) is 16.4 Å². The summed E-state index contributed by atoms with van der Waals surface area (Å²) in [6, 6.07) is 12.2. The van der Waals surface area contributed by atoms with Gasteiger partial charge in [-0.15, -0.1) is 0 Å². The van der Waals surface area contributed by atoms with Gasteiger partial charge in [0.15, 0.2) is 0 Å². The number of hydrogen-bond donors (Lipinski definition) is 2. The quantitative estimate of drug-likeness (QED) is 0.170. The van der Waals surface area contributed by atoms with E-state index in [9.17, 15) is 14.4 Å². The Balaban J connectivity index is 1.41. The number of carbonyl (C=O) groups excluding carboxylic acids is 3. The number of carbonyl (C=O) groups is 3. The topological polar surface area (TPSA) is 150 Å². The van der Waals surface area contributed by atoms with Crippen LogP contribution in [0.4, 0.5) is 0 Å². The average molecular weight is 535 g/mol. The number of methoxy groups -OCH3 is 1. The summed E-state index contributed by atoms with van der Waals surface area (Å²) < 4.78 is 4.94. The van der Waals surface area contributed by atoms with Gasteiger partial charge >= 0.3 is 5.97 Å². The number of ether oxygens (including phenoxy) is 1. The van der Waals surface area contributed by atoms with Gasteiger partial charge in [-0.1, -0.05) is 12.1 Å². The van der Waals surface area contributed by atoms with Crippen LogP contribution in [0.25, 0.3) is 0 Å². The second kappa shape index (κ2) is 12.9. The molecule has 0 spiro atoms. The van der Waals surface area contributed by atoms with Gasteiger partial charge in [0.25, 0.3) is 11.8 Å². The molecule has 0 bridgehead atoms. The number of amides is 2. The van der Waals surface area contributed by atoms with Crippen LogP contribution in [-0.2, 0) is 11.3 Å². The molecule has 0 aromatic heterocycles. The maximum absolute atomic E-state index is 13.5. The average Bonchev–Trinajstić information content (AvgIpc) is 2.97. The Labute approximate surface area is 227 Å². The van der Waals surface area contributed by atoms with Crippen molar-refractivity contribution in [2.75, 3.05) is 59.5 Å². The second-order valence-corrected chi connectivity index (χ2v) is 9.47. The summed E-state index contributed by atoms with van der Waals surface area (Å²) in [4.78, 5) is 46.6. The van der Waals surface area contributed by atoms with Gasteiger partial charge in [0, 0.05) is 70.0 Å². The third-order valence-corrected chi connectivity index (χ3v) is 6.94. The lowest BCUT2D eigenvalue weighted by Gasteiger charge is -2.35. The van der Waals surface area contributed by atoms with Crippen molar-refractivity contribution in [3.8, 4) is 0 Å². The van der Waals surface area contributed by atoms with Crippen LogP contribution in [0.1, 0.15) is 42.2 Å². The summed E-state index contributed by atoms with van der Waals surface area (Å²) in [6.07, 6.45) is 3.14. The third-order valence-electron chi connectivity index (χ3n) is 6.94. The molecule has 2 aliphatic rings. The van der Waals surface area contributed by atoms with E-state index >= 15 is 0 Å². The number of rotatable bonds is 7. The highest BCUT2D eigenvalue weighted by molar-refractivity contribution is 5.99. The molecule has 12 nitrogen and oxygen atoms in total. The lowest BCUT2D eigenvalue weighted by molar-refractivity contribution is 0.0534. The smallest absolute Gasteiger partial charge is 0.337 e. The van der Waals surface area contributed by atoms with Crippen molar-refractivity contribution in [2.45, 2.75) is 6.54 Å². The van der Waals surface area contributed by atoms with Crippen LogP contribution >= 0.6 is 0 Å². The van der Waals surface area contributed by atoms with Gasteiger partial charge in [0.1, 0.15) is 6.34 Å². The third kappa shape index (κ3) is 6.90. The Morgan fingerprint density at radius 3 is 1.95 bits per heavy atom. The van der Waals surface area contributed by atoms with Gasteiger partial charge in [0.05, 0.1) is 18.9 Å². The van der Waals surface area contributed by atoms with Crippen molar-refractivity contribution in [1.29, 1.82) is 0 Å². The summed E-state index contributed by atoms with van der Waals surface area (Å²) in [7, 11) is 1.32. The number of piperazine rings is 2. The summed E-state index contributed by atoms with van der Waals surface area (Å²) in [5.41, 5.74) is 3.00. The lowest BCUT2D eigenvalue weighted by atomic mass is 10.0. The molecule has 0 atom stereocenters. The number of benzene rings is 2. The first-order valence-corrected chi connectivity index (χ1v) is 12.8. The fraction of sp³-hybridized carbons (Fsp3) is 0.370. The number of hydrogen-bond acceptors (Lipinski definition) is 9. The standard InChI is InChI=1S/C27H34N8O4/c1-39-27(38)24-15-21(18-32-6-8-33(9-7-32)19-31-29)14-23(16-24)26(37)35-12-10-34(11-13-35)25(36)22-4-2-20(3-5-22)17-30-28/h2-5,14-17,19H,6-13,18,28-29H2,1H3. The molecule has 39 heavy (non-hydrogen) atoms. The van der Waals surface area contributed by atoms with E-state index in [2.05, 4.69) is 15.1 Å². The van der Waals surface area contributed by atoms with Crippen molar-refractivity contribution in [2.24, 2.45) is 21.9 Å². The van der Waals surface area contributed by atoms with E-state index < -0.39 is 5.97 Å². The minimum atomic E-state index is -0.492. The first-order valence-electron chi connectivity index (χ1n) is 12.8. The van der Waals surface area contributed by atoms with Crippen molar-refractivity contribution in [3.63, 3.8) is 0 Å². The molecule has 4 rings (SSSR count). The largest absolute Gasteiger partial charge is 0.465 e. The van der Waals surface area contributed by atoms with Gasteiger partial charge in [-0.2, -0.15) is 10.2 Å². The molecule has 2 aromatic carbocycles. The molecule has 4 N–H and O–H groups in total. The molecule has 2 fully saturated rings. The zero-order valence-corrected chi connectivity index (χ0v) is 22.0. The minimum absolute atomic E-state index is 0.0915. The molecule has 0 aliphatic carbocycles. The maximum Gasteiger partial charge on any atom is 0.337 e. The van der Waals surface area contributed by atoms with E-state index in [0.29, 0.717) is 49.4 Å². The first kappa shape index (κ1) is 27.6. The van der Waals surface area contributed by atoms with Gasteiger partial charge in [-0.05, 0) is 41.5 Å². The molecule has 0 unspecified atom stereocenters. The lowest BCUT2D eigenvalue weighted by Crippen LogP contribution is -2.50. The molecular weight excluding hydrogens is 500 g/mol. The van der Waals surface area contributed by atoms with Crippen LogP contribution < -0.4 is 11.7 Å². The van der Waals surface area contributed by atoms with Crippen molar-refractivity contribution >= 4 is 30.3 Å². The highest BCUT2D eigenvalue weighted by Gasteiger charge is 2.27. The van der Waals surface area contributed by atoms with E-state index in [1.54, 1.807) is 52.5 Å². The number of esters is 1. The van der Waals surface area contributed by atoms with Crippen LogP contribution in [0.5, 0.6) is 0 Å². The molecule has 2 heterocycles. The van der Waals surface area contributed by atoms with E-state index in [0.717, 1.165) is 37.3 Å². The molecular formula is C27H34N8O4. The molecule has 0 saturated carbocycles. The normalized spacial score (nSPS) is 16.7. The molecule has 2 aliphatic heterocycles. The predicted octanol–water partition coefficient (Wildman–Crippen LogP) is 0.384. The Kier molecular flexibility index (Phi) is 9.10. The molecule has 0 radical (unpaired) electrons. The Bertz CT molecular complexity index is 1230. The maximum atomic E-state index is 13.5. The number of nitrogens with zero attached hydrogens (tertiary/aromatic N) is 6. The number of hydrazone groups is 2. The van der Waals surface area contributed by atoms with Crippen LogP contribution in [-0.4, -0.2) is 109 Å². The second-order valence-electron chi connectivity index (χ2n) is 9.47. The van der Waals surface area contributed by atoms with Crippen molar-refractivity contribution in [3.05, 3.63) is 70.3 Å². The SMILES string of the molecule is COC(=O)c1cc(CN2CCN(C=NN)CC2)cc(C(=O)N2CCN(C(=O)c3ccc(C=NN)cc3)CC2)c1. The fourth-order valence-electron chi connectivity index (χ4n) is 4.81. The number of nitrogens with two attached hydrogens (primary N) is 2. The van der Waals surface area contributed by atoms with Crippen LogP contribution in [0, 0.1) is 0 Å². The fourth-order valence-corrected chi connectivity index (χ4v) is 4.81. The minimum Gasteiger partial charge on any atom is -0.465 e. The van der Waals surface area contributed by atoms with Gasteiger partial charge < -0.3 is 31.1 Å². The summed E-state index contributed by atoms with van der Waals surface area (Å²) >= 11 is 0. The van der Waals surface area contributed by atoms with E-state index in [-0.39, 0.29) is 11.8 Å². The van der Waals surface area contributed by atoms with Gasteiger partial charge in [0.2, 0.25) is 0 Å². The zero-order valence-electron chi connectivity index (χ0n) is 22.0. The molecule has 12 heteroatoms. The van der Waals surface area contributed by atoms with Crippen molar-refractivity contribution in [1.82, 2.24) is 19.6 Å². The Hall–Kier alpha value is -4.45.